The molecule has 7 heteroatoms. The number of allylic oxidation sites excluding steroid dienone is 1. The van der Waals surface area contributed by atoms with Crippen LogP contribution in [0.25, 0.3) is 0 Å². The number of carboxylic acids is 1. The Morgan fingerprint density at radius 2 is 1.63 bits per heavy atom. The molecular weight excluding hydrogens is 649 g/mol. The van der Waals surface area contributed by atoms with E-state index in [0.29, 0.717) is 61.1 Å². The summed E-state index contributed by atoms with van der Waals surface area (Å²) in [4.78, 5) is 37.9. The first kappa shape index (κ1) is 42.1. The summed E-state index contributed by atoms with van der Waals surface area (Å²) in [5, 5.41) is 26.6. The van der Waals surface area contributed by atoms with E-state index < -0.39 is 5.97 Å². The standard InChI is InChI=1S/C42H66N2O5.C3H6/c1-29(2)13-11-23-41(4)35-19-18-32-33(40(35,3)25-21-36(41)45)20-26-42(24-12-16-34(32)42)39(49)44-28-22-30-14-8-9-15-31(30)38(48)43-27-10-6-5-7-17-37(46)47;1-3-2/h8-9,14-15,29,32-36,45H,5-7,10-13,16-28H2,1-4H3,(H,43,48)(H,44,49)(H,46,47);3H,1H2,2H3. The van der Waals surface area contributed by atoms with E-state index in [4.69, 9.17) is 5.11 Å². The second-order valence-corrected chi connectivity index (χ2v) is 17.8. The molecule has 4 saturated carbocycles. The summed E-state index contributed by atoms with van der Waals surface area (Å²) >= 11 is 0. The van der Waals surface area contributed by atoms with Gasteiger partial charge in [0.25, 0.3) is 5.91 Å². The summed E-state index contributed by atoms with van der Waals surface area (Å²) in [6.07, 6.45) is 19.0. The zero-order valence-corrected chi connectivity index (χ0v) is 33.3. The maximum atomic E-state index is 14.2. The lowest BCUT2D eigenvalue weighted by Gasteiger charge is -2.65. The highest BCUT2D eigenvalue weighted by molar-refractivity contribution is 5.95. The first-order chi connectivity index (χ1) is 24.8. The van der Waals surface area contributed by atoms with Crippen LogP contribution in [-0.2, 0) is 16.0 Å². The molecular formula is C45H72N2O5. The Hall–Kier alpha value is -2.67. The maximum Gasteiger partial charge on any atom is 0.303 e. The topological polar surface area (TPSA) is 116 Å². The predicted octanol–water partition coefficient (Wildman–Crippen LogP) is 9.52. The average Bonchev–Trinajstić information content (AvgIpc) is 3.56. The van der Waals surface area contributed by atoms with Gasteiger partial charge in [0, 0.05) is 25.1 Å². The fraction of sp³-hybridized carbons (Fsp3) is 0.756. The van der Waals surface area contributed by atoms with Crippen LogP contribution in [0, 0.1) is 45.8 Å². The molecule has 4 fully saturated rings. The van der Waals surface area contributed by atoms with E-state index in [2.05, 4.69) is 44.9 Å². The van der Waals surface area contributed by atoms with Gasteiger partial charge < -0.3 is 20.8 Å². The molecule has 8 atom stereocenters. The van der Waals surface area contributed by atoms with Crippen LogP contribution in [-0.4, -0.2) is 47.2 Å². The molecule has 0 radical (unpaired) electrons. The third kappa shape index (κ3) is 9.51. The molecule has 4 aliphatic rings. The van der Waals surface area contributed by atoms with Gasteiger partial charge in [-0.2, -0.15) is 0 Å². The van der Waals surface area contributed by atoms with Crippen molar-refractivity contribution in [1.82, 2.24) is 10.6 Å². The van der Waals surface area contributed by atoms with E-state index >= 15 is 0 Å². The van der Waals surface area contributed by atoms with E-state index in [0.717, 1.165) is 76.2 Å². The summed E-state index contributed by atoms with van der Waals surface area (Å²) in [7, 11) is 0. The van der Waals surface area contributed by atoms with Crippen LogP contribution in [0.5, 0.6) is 0 Å². The van der Waals surface area contributed by atoms with Crippen LogP contribution in [0.15, 0.2) is 36.9 Å². The molecule has 1 aromatic carbocycles. The van der Waals surface area contributed by atoms with Crippen molar-refractivity contribution in [1.29, 1.82) is 0 Å². The Morgan fingerprint density at radius 1 is 0.904 bits per heavy atom. The first-order valence-electron chi connectivity index (χ1n) is 20.9. The normalized spacial score (nSPS) is 32.0. The minimum atomic E-state index is -0.759. The third-order valence-electron chi connectivity index (χ3n) is 14.2. The largest absolute Gasteiger partial charge is 0.481 e. The monoisotopic (exact) mass is 721 g/mol. The summed E-state index contributed by atoms with van der Waals surface area (Å²) in [6.45, 7) is 15.9. The number of nitrogens with one attached hydrogen (secondary N) is 2. The van der Waals surface area contributed by atoms with E-state index in [-0.39, 0.29) is 40.6 Å². The lowest BCUT2D eigenvalue weighted by molar-refractivity contribution is -0.187. The second-order valence-electron chi connectivity index (χ2n) is 17.8. The van der Waals surface area contributed by atoms with Gasteiger partial charge in [-0.1, -0.05) is 84.1 Å². The highest BCUT2D eigenvalue weighted by Gasteiger charge is 2.64. The fourth-order valence-electron chi connectivity index (χ4n) is 11.7. The van der Waals surface area contributed by atoms with Crippen LogP contribution in [0.1, 0.15) is 160 Å². The van der Waals surface area contributed by atoms with Crippen molar-refractivity contribution in [3.8, 4) is 0 Å². The molecule has 0 aromatic heterocycles. The fourth-order valence-corrected chi connectivity index (χ4v) is 11.7. The minimum absolute atomic E-state index is 0.00897. The number of aliphatic carboxylic acids is 1. The second kappa shape index (κ2) is 19.1. The molecule has 0 saturated heterocycles. The Morgan fingerprint density at radius 3 is 2.37 bits per heavy atom. The van der Waals surface area contributed by atoms with Crippen molar-refractivity contribution in [2.75, 3.05) is 13.1 Å². The van der Waals surface area contributed by atoms with Crippen LogP contribution >= 0.6 is 0 Å². The van der Waals surface area contributed by atoms with Crippen LogP contribution < -0.4 is 10.6 Å². The number of aliphatic hydroxyl groups is 1. The SMILES string of the molecule is C=CC.CC(C)CCCC1(C)C(O)CCC2(C)C3CCC4(C(=O)NCCc5ccccc5C(=O)NCCCCCCC(=O)O)CCCC4C3CCC12. The van der Waals surface area contributed by atoms with E-state index in [1.54, 1.807) is 6.08 Å². The van der Waals surface area contributed by atoms with Crippen LogP contribution in [0.3, 0.4) is 0 Å². The molecule has 8 unspecified atom stereocenters. The quantitative estimate of drug-likeness (QED) is 0.100. The van der Waals surface area contributed by atoms with Crippen molar-refractivity contribution >= 4 is 17.8 Å². The van der Waals surface area contributed by atoms with Gasteiger partial charge in [-0.3, -0.25) is 14.4 Å². The number of amides is 2. The summed E-state index contributed by atoms with van der Waals surface area (Å²) in [5.41, 5.74) is 1.59. The summed E-state index contributed by atoms with van der Waals surface area (Å²) < 4.78 is 0. The molecule has 292 valence electrons. The smallest absolute Gasteiger partial charge is 0.303 e. The number of carboxylic acid groups (broad SMARTS) is 1. The number of aliphatic hydroxyl groups excluding tert-OH is 1. The molecule has 7 nitrogen and oxygen atoms in total. The Labute approximate surface area is 315 Å². The van der Waals surface area contributed by atoms with Crippen LogP contribution in [0.4, 0.5) is 0 Å². The van der Waals surface area contributed by atoms with E-state index in [1.807, 2.05) is 31.2 Å². The summed E-state index contributed by atoms with van der Waals surface area (Å²) in [5.74, 6) is 2.34. The summed E-state index contributed by atoms with van der Waals surface area (Å²) in [6, 6.07) is 7.70. The lowest BCUT2D eigenvalue weighted by Crippen LogP contribution is -2.61. The van der Waals surface area contributed by atoms with Gasteiger partial charge in [0.05, 0.1) is 11.5 Å². The number of unbranched alkanes of at least 4 members (excludes halogenated alkanes) is 3. The first-order valence-corrected chi connectivity index (χ1v) is 20.9. The van der Waals surface area contributed by atoms with E-state index in [1.165, 1.54) is 25.7 Å². The molecule has 1 aromatic rings. The Balaban J connectivity index is 0.00000195. The van der Waals surface area contributed by atoms with Gasteiger partial charge >= 0.3 is 5.97 Å². The lowest BCUT2D eigenvalue weighted by atomic mass is 9.40. The zero-order valence-electron chi connectivity index (χ0n) is 33.3. The molecule has 4 aliphatic carbocycles. The number of rotatable bonds is 16. The maximum absolute atomic E-state index is 14.2. The number of benzene rings is 1. The molecule has 5 rings (SSSR count). The molecule has 0 heterocycles. The molecule has 0 aliphatic heterocycles. The molecule has 0 spiro atoms. The third-order valence-corrected chi connectivity index (χ3v) is 14.2. The van der Waals surface area contributed by atoms with Crippen LogP contribution in [0.2, 0.25) is 0 Å². The Bertz CT molecular complexity index is 1340. The minimum Gasteiger partial charge on any atom is -0.481 e. The number of carbonyl (C=O) groups excluding carboxylic acids is 2. The zero-order chi connectivity index (χ0) is 37.9. The van der Waals surface area contributed by atoms with Crippen molar-refractivity contribution in [2.24, 2.45) is 45.8 Å². The number of hydrogen-bond acceptors (Lipinski definition) is 4. The number of hydrogen-bond donors (Lipinski definition) is 4. The van der Waals surface area contributed by atoms with Gasteiger partial charge in [-0.25, -0.2) is 0 Å². The van der Waals surface area contributed by atoms with E-state index in [9.17, 15) is 19.5 Å². The highest BCUT2D eigenvalue weighted by Crippen LogP contribution is 2.69. The van der Waals surface area contributed by atoms with Crippen molar-refractivity contribution in [3.05, 3.63) is 48.0 Å². The van der Waals surface area contributed by atoms with Crippen molar-refractivity contribution in [3.63, 3.8) is 0 Å². The van der Waals surface area contributed by atoms with Gasteiger partial charge in [-0.05, 0) is 136 Å². The molecule has 0 bridgehead atoms. The van der Waals surface area contributed by atoms with Crippen molar-refractivity contribution < 1.29 is 24.6 Å². The van der Waals surface area contributed by atoms with Gasteiger partial charge in [-0.15, -0.1) is 6.58 Å². The average molecular weight is 721 g/mol. The molecule has 2 amide bonds. The molecule has 52 heavy (non-hydrogen) atoms. The number of carbonyl (C=O) groups is 3. The molecule has 4 N–H and O–H groups in total. The van der Waals surface area contributed by atoms with Crippen molar-refractivity contribution in [2.45, 2.75) is 156 Å². The number of fused-ring (bicyclic) bond motifs is 5. The highest BCUT2D eigenvalue weighted by atomic mass is 16.4. The Kier molecular flexibility index (Phi) is 15.4. The van der Waals surface area contributed by atoms with Gasteiger partial charge in [0.2, 0.25) is 5.91 Å². The van der Waals surface area contributed by atoms with Gasteiger partial charge in [0.15, 0.2) is 0 Å². The predicted molar refractivity (Wildman–Crippen MR) is 211 cm³/mol. The van der Waals surface area contributed by atoms with Gasteiger partial charge in [0.1, 0.15) is 0 Å².